The highest BCUT2D eigenvalue weighted by Gasteiger charge is 2.19. The highest BCUT2D eigenvalue weighted by Crippen LogP contribution is 2.23. The van der Waals surface area contributed by atoms with Crippen molar-refractivity contribution in [2.45, 2.75) is 26.3 Å². The minimum Gasteiger partial charge on any atom is -0.477 e. The molecule has 0 saturated heterocycles. The van der Waals surface area contributed by atoms with Gasteiger partial charge in [-0.05, 0) is 31.5 Å². The van der Waals surface area contributed by atoms with Gasteiger partial charge in [-0.15, -0.1) is 11.3 Å². The van der Waals surface area contributed by atoms with Crippen molar-refractivity contribution < 1.29 is 19.1 Å². The van der Waals surface area contributed by atoms with Crippen LogP contribution in [-0.4, -0.2) is 22.0 Å². The normalized spacial score (nSPS) is 12.0. The summed E-state index contributed by atoms with van der Waals surface area (Å²) in [5, 5.41) is 12.3. The zero-order valence-electron chi connectivity index (χ0n) is 12.1. The van der Waals surface area contributed by atoms with Crippen molar-refractivity contribution in [3.63, 3.8) is 0 Å². The zero-order valence-corrected chi connectivity index (χ0v) is 12.9. The van der Waals surface area contributed by atoms with Crippen molar-refractivity contribution in [1.29, 1.82) is 0 Å². The van der Waals surface area contributed by atoms with E-state index < -0.39 is 12.0 Å². The maximum Gasteiger partial charge on any atom is 0.347 e. The minimum absolute atomic E-state index is 0.0538. The molecule has 1 aromatic carbocycles. The van der Waals surface area contributed by atoms with Crippen molar-refractivity contribution >= 4 is 23.2 Å². The molecule has 0 fully saturated rings. The lowest BCUT2D eigenvalue weighted by Gasteiger charge is -2.11. The number of rotatable bonds is 5. The number of carboxylic acids is 1. The number of aromatic carboxylic acids is 1. The quantitative estimate of drug-likeness (QED) is 0.887. The molecule has 0 saturated carbocycles. The first kappa shape index (κ1) is 16.1. The van der Waals surface area contributed by atoms with Gasteiger partial charge in [0.1, 0.15) is 15.7 Å². The first-order valence-corrected chi connectivity index (χ1v) is 7.43. The molecule has 0 aliphatic rings. The average Bonchev–Trinajstić information content (AvgIpc) is 2.81. The smallest absolute Gasteiger partial charge is 0.347 e. The van der Waals surface area contributed by atoms with Gasteiger partial charge in [-0.1, -0.05) is 12.1 Å². The van der Waals surface area contributed by atoms with E-state index in [4.69, 9.17) is 5.11 Å². The van der Waals surface area contributed by atoms with Crippen LogP contribution in [0, 0.1) is 12.7 Å². The van der Waals surface area contributed by atoms with E-state index in [2.05, 4.69) is 10.3 Å². The predicted octanol–water partition coefficient (Wildman–Crippen LogP) is 2.71. The molecule has 5 nitrogen and oxygen atoms in total. The first-order valence-electron chi connectivity index (χ1n) is 6.61. The zero-order chi connectivity index (χ0) is 16.3. The van der Waals surface area contributed by atoms with E-state index in [0.29, 0.717) is 16.3 Å². The molecule has 0 aliphatic carbocycles. The summed E-state index contributed by atoms with van der Waals surface area (Å²) in [6.07, 6.45) is 0.0538. The van der Waals surface area contributed by atoms with Gasteiger partial charge >= 0.3 is 5.97 Å². The number of carbonyl (C=O) groups excluding carboxylic acids is 1. The largest absolute Gasteiger partial charge is 0.477 e. The number of carbonyl (C=O) groups is 2. The Morgan fingerprint density at radius 1 is 1.45 bits per heavy atom. The maximum absolute atomic E-state index is 13.1. The Hall–Kier alpha value is -2.28. The van der Waals surface area contributed by atoms with Crippen LogP contribution in [0.5, 0.6) is 0 Å². The second kappa shape index (κ2) is 6.65. The van der Waals surface area contributed by atoms with Crippen molar-refractivity contribution in [3.05, 3.63) is 51.2 Å². The Labute approximate surface area is 130 Å². The van der Waals surface area contributed by atoms with Crippen molar-refractivity contribution in [1.82, 2.24) is 10.3 Å². The Kier molecular flexibility index (Phi) is 4.87. The number of aryl methyl sites for hydroxylation is 1. The lowest BCUT2D eigenvalue weighted by Crippen LogP contribution is -2.28. The van der Waals surface area contributed by atoms with E-state index in [1.807, 2.05) is 0 Å². The number of nitrogens with one attached hydrogen (secondary N) is 1. The maximum atomic E-state index is 13.1. The fraction of sp³-hybridized carbons (Fsp3) is 0.267. The third-order valence-corrected chi connectivity index (χ3v) is 4.34. The molecule has 1 amide bonds. The number of amides is 1. The van der Waals surface area contributed by atoms with Gasteiger partial charge in [-0.3, -0.25) is 4.79 Å². The van der Waals surface area contributed by atoms with Crippen LogP contribution in [0.3, 0.4) is 0 Å². The number of hydrogen-bond donors (Lipinski definition) is 2. The molecular formula is C15H15FN2O3S. The first-order chi connectivity index (χ1) is 10.4. The fourth-order valence-corrected chi connectivity index (χ4v) is 2.90. The molecule has 2 aromatic rings. The van der Waals surface area contributed by atoms with Crippen molar-refractivity contribution in [2.75, 3.05) is 0 Å². The second-order valence-electron chi connectivity index (χ2n) is 4.87. The summed E-state index contributed by atoms with van der Waals surface area (Å²) in [6.45, 7) is 3.35. The van der Waals surface area contributed by atoms with Crippen LogP contribution in [0.2, 0.25) is 0 Å². The lowest BCUT2D eigenvalue weighted by atomic mass is 10.1. The summed E-state index contributed by atoms with van der Waals surface area (Å²) in [4.78, 5) is 27.3. The van der Waals surface area contributed by atoms with E-state index in [-0.39, 0.29) is 23.0 Å². The summed E-state index contributed by atoms with van der Waals surface area (Å²) < 4.78 is 13.1. The predicted molar refractivity (Wildman–Crippen MR) is 80.5 cm³/mol. The third kappa shape index (κ3) is 3.88. The number of halogens is 1. The van der Waals surface area contributed by atoms with E-state index >= 15 is 0 Å². The fourth-order valence-electron chi connectivity index (χ4n) is 1.99. The summed E-state index contributed by atoms with van der Waals surface area (Å²) in [6, 6.07) is 5.43. The molecule has 1 atom stereocenters. The average molecular weight is 322 g/mol. The van der Waals surface area contributed by atoms with Crippen LogP contribution in [-0.2, 0) is 11.2 Å². The number of hydrogen-bond acceptors (Lipinski definition) is 4. The van der Waals surface area contributed by atoms with Crippen LogP contribution >= 0.6 is 11.3 Å². The van der Waals surface area contributed by atoms with Crippen molar-refractivity contribution in [3.8, 4) is 0 Å². The number of benzene rings is 1. The Balaban J connectivity index is 2.02. The lowest BCUT2D eigenvalue weighted by molar-refractivity contribution is -0.121. The van der Waals surface area contributed by atoms with E-state index in [1.54, 1.807) is 26.0 Å². The van der Waals surface area contributed by atoms with Gasteiger partial charge in [0.25, 0.3) is 0 Å². The molecule has 1 aromatic heterocycles. The van der Waals surface area contributed by atoms with Crippen LogP contribution in [0.15, 0.2) is 24.3 Å². The third-order valence-electron chi connectivity index (χ3n) is 3.01. The van der Waals surface area contributed by atoms with E-state index in [9.17, 15) is 14.0 Å². The van der Waals surface area contributed by atoms with Crippen LogP contribution in [0.4, 0.5) is 4.39 Å². The number of thiazole rings is 1. The van der Waals surface area contributed by atoms with Gasteiger partial charge in [-0.25, -0.2) is 14.2 Å². The molecule has 2 rings (SSSR count). The standard InChI is InChI=1S/C15H15FN2O3S/c1-8-13(15(20)21)22-14(18-8)9(2)17-12(19)7-10-4-3-5-11(16)6-10/h3-6,9H,7H2,1-2H3,(H,17,19)(H,20,21). The molecule has 7 heteroatoms. The van der Waals surface area contributed by atoms with Gasteiger partial charge in [-0.2, -0.15) is 0 Å². The van der Waals surface area contributed by atoms with Crippen LogP contribution in [0.25, 0.3) is 0 Å². The molecule has 0 aliphatic heterocycles. The Morgan fingerprint density at radius 3 is 2.77 bits per heavy atom. The highest BCUT2D eigenvalue weighted by atomic mass is 32.1. The number of carboxylic acid groups (broad SMARTS) is 1. The number of nitrogens with zero attached hydrogens (tertiary/aromatic N) is 1. The molecule has 0 bridgehead atoms. The molecule has 116 valence electrons. The molecular weight excluding hydrogens is 307 g/mol. The molecule has 22 heavy (non-hydrogen) atoms. The number of aromatic nitrogens is 1. The molecule has 0 radical (unpaired) electrons. The van der Waals surface area contributed by atoms with Gasteiger partial charge in [0, 0.05) is 0 Å². The van der Waals surface area contributed by atoms with E-state index in [0.717, 1.165) is 11.3 Å². The van der Waals surface area contributed by atoms with Crippen molar-refractivity contribution in [2.24, 2.45) is 0 Å². The molecule has 0 spiro atoms. The summed E-state index contributed by atoms with van der Waals surface area (Å²) >= 11 is 1.04. The summed E-state index contributed by atoms with van der Waals surface area (Å²) in [5.74, 6) is -1.69. The summed E-state index contributed by atoms with van der Waals surface area (Å²) in [5.41, 5.74) is 1.00. The topological polar surface area (TPSA) is 79.3 Å². The highest BCUT2D eigenvalue weighted by molar-refractivity contribution is 7.13. The van der Waals surface area contributed by atoms with Crippen LogP contribution in [0.1, 0.15) is 38.9 Å². The van der Waals surface area contributed by atoms with Gasteiger partial charge in [0.15, 0.2) is 0 Å². The molecule has 1 unspecified atom stereocenters. The van der Waals surface area contributed by atoms with Gasteiger partial charge < -0.3 is 10.4 Å². The van der Waals surface area contributed by atoms with Gasteiger partial charge in [0.05, 0.1) is 18.2 Å². The molecule has 2 N–H and O–H groups in total. The summed E-state index contributed by atoms with van der Waals surface area (Å²) in [7, 11) is 0. The second-order valence-corrected chi connectivity index (χ2v) is 5.90. The Morgan fingerprint density at radius 2 is 2.18 bits per heavy atom. The SMILES string of the molecule is Cc1nc(C(C)NC(=O)Cc2cccc(F)c2)sc1C(=O)O. The molecule has 1 heterocycles. The van der Waals surface area contributed by atoms with Crippen LogP contribution < -0.4 is 5.32 Å². The monoisotopic (exact) mass is 322 g/mol. The van der Waals surface area contributed by atoms with Gasteiger partial charge in [0.2, 0.25) is 5.91 Å². The minimum atomic E-state index is -1.03. The van der Waals surface area contributed by atoms with E-state index in [1.165, 1.54) is 12.1 Å². The Bertz CT molecular complexity index is 715.